The van der Waals surface area contributed by atoms with Crippen molar-refractivity contribution in [3.05, 3.63) is 53.1 Å². The summed E-state index contributed by atoms with van der Waals surface area (Å²) in [7, 11) is 1.55. The molecule has 0 spiro atoms. The molecule has 110 valence electrons. The van der Waals surface area contributed by atoms with Gasteiger partial charge in [0, 0.05) is 6.54 Å². The number of benzene rings is 2. The Morgan fingerprint density at radius 2 is 2.05 bits per heavy atom. The number of aromatic hydroxyl groups is 1. The van der Waals surface area contributed by atoms with Gasteiger partial charge in [-0.05, 0) is 36.8 Å². The number of carbonyl (C=O) groups is 1. The molecule has 0 radical (unpaired) electrons. The standard InChI is InChI=1S/C16H18N2O3/c1-10-3-5-14(19)12(7-10)16(20)18-9-11-4-6-15(21-2)13(17)8-11/h3-8,19H,9,17H2,1-2H3,(H,18,20). The van der Waals surface area contributed by atoms with E-state index in [9.17, 15) is 9.90 Å². The van der Waals surface area contributed by atoms with Gasteiger partial charge in [-0.2, -0.15) is 0 Å². The van der Waals surface area contributed by atoms with E-state index in [1.165, 1.54) is 6.07 Å². The molecule has 21 heavy (non-hydrogen) atoms. The molecule has 5 heteroatoms. The number of ether oxygens (including phenoxy) is 1. The van der Waals surface area contributed by atoms with E-state index in [4.69, 9.17) is 10.5 Å². The number of rotatable bonds is 4. The highest BCUT2D eigenvalue weighted by Crippen LogP contribution is 2.22. The summed E-state index contributed by atoms with van der Waals surface area (Å²) >= 11 is 0. The van der Waals surface area contributed by atoms with Crippen LogP contribution in [0.1, 0.15) is 21.5 Å². The smallest absolute Gasteiger partial charge is 0.255 e. The van der Waals surface area contributed by atoms with Gasteiger partial charge in [0.15, 0.2) is 0 Å². The Hall–Kier alpha value is -2.69. The first-order chi connectivity index (χ1) is 10.0. The zero-order valence-electron chi connectivity index (χ0n) is 12.0. The van der Waals surface area contributed by atoms with E-state index in [1.54, 1.807) is 31.4 Å². The fourth-order valence-electron chi connectivity index (χ4n) is 2.00. The van der Waals surface area contributed by atoms with Crippen molar-refractivity contribution in [1.82, 2.24) is 5.32 Å². The molecule has 0 unspecified atom stereocenters. The first-order valence-electron chi connectivity index (χ1n) is 6.51. The summed E-state index contributed by atoms with van der Waals surface area (Å²) < 4.78 is 5.08. The maximum atomic E-state index is 12.1. The van der Waals surface area contributed by atoms with Crippen LogP contribution in [0.25, 0.3) is 0 Å². The van der Waals surface area contributed by atoms with Gasteiger partial charge in [-0.15, -0.1) is 0 Å². The average Bonchev–Trinajstić information content (AvgIpc) is 2.47. The fraction of sp³-hybridized carbons (Fsp3) is 0.188. The van der Waals surface area contributed by atoms with Crippen molar-refractivity contribution in [2.24, 2.45) is 0 Å². The maximum Gasteiger partial charge on any atom is 0.255 e. The molecule has 0 saturated carbocycles. The van der Waals surface area contributed by atoms with Crippen LogP contribution in [0.5, 0.6) is 11.5 Å². The lowest BCUT2D eigenvalue weighted by molar-refractivity contribution is 0.0948. The summed E-state index contributed by atoms with van der Waals surface area (Å²) in [5.74, 6) is 0.235. The Kier molecular flexibility index (Phi) is 4.33. The van der Waals surface area contributed by atoms with E-state index in [1.807, 2.05) is 13.0 Å². The first-order valence-corrected chi connectivity index (χ1v) is 6.51. The predicted molar refractivity (Wildman–Crippen MR) is 81.4 cm³/mol. The second-order valence-electron chi connectivity index (χ2n) is 4.78. The summed E-state index contributed by atoms with van der Waals surface area (Å²) in [6, 6.07) is 10.2. The van der Waals surface area contributed by atoms with E-state index < -0.39 is 0 Å². The number of anilines is 1. The summed E-state index contributed by atoms with van der Waals surface area (Å²) in [6.07, 6.45) is 0. The van der Waals surface area contributed by atoms with Gasteiger partial charge in [0.05, 0.1) is 18.4 Å². The summed E-state index contributed by atoms with van der Waals surface area (Å²) in [5, 5.41) is 12.5. The summed E-state index contributed by atoms with van der Waals surface area (Å²) in [5.41, 5.74) is 8.36. The first kappa shape index (κ1) is 14.7. The van der Waals surface area contributed by atoms with Crippen molar-refractivity contribution in [1.29, 1.82) is 0 Å². The molecule has 5 nitrogen and oxygen atoms in total. The molecule has 1 amide bonds. The second-order valence-corrected chi connectivity index (χ2v) is 4.78. The number of hydrogen-bond acceptors (Lipinski definition) is 4. The summed E-state index contributed by atoms with van der Waals surface area (Å²) in [6.45, 7) is 2.18. The van der Waals surface area contributed by atoms with Crippen LogP contribution in [-0.4, -0.2) is 18.1 Å². The van der Waals surface area contributed by atoms with Crippen LogP contribution in [0, 0.1) is 6.92 Å². The Labute approximate surface area is 123 Å². The van der Waals surface area contributed by atoms with Crippen molar-refractivity contribution in [3.8, 4) is 11.5 Å². The zero-order valence-corrected chi connectivity index (χ0v) is 12.0. The third-order valence-electron chi connectivity index (χ3n) is 3.14. The van der Waals surface area contributed by atoms with Gasteiger partial charge >= 0.3 is 0 Å². The highest BCUT2D eigenvalue weighted by Gasteiger charge is 2.11. The number of phenolic OH excluding ortho intramolecular Hbond substituents is 1. The Bertz CT molecular complexity index is 669. The summed E-state index contributed by atoms with van der Waals surface area (Å²) in [4.78, 5) is 12.1. The molecule has 4 N–H and O–H groups in total. The molecule has 0 bridgehead atoms. The van der Waals surface area contributed by atoms with Gasteiger partial charge < -0.3 is 20.9 Å². The van der Waals surface area contributed by atoms with Gasteiger partial charge in [0.1, 0.15) is 11.5 Å². The minimum atomic E-state index is -0.328. The van der Waals surface area contributed by atoms with Crippen molar-refractivity contribution < 1.29 is 14.6 Å². The largest absolute Gasteiger partial charge is 0.507 e. The number of nitrogen functional groups attached to an aromatic ring is 1. The van der Waals surface area contributed by atoms with E-state index in [-0.39, 0.29) is 17.2 Å². The van der Waals surface area contributed by atoms with Crippen molar-refractivity contribution in [2.45, 2.75) is 13.5 Å². The van der Waals surface area contributed by atoms with Gasteiger partial charge in [0.25, 0.3) is 5.91 Å². The van der Waals surface area contributed by atoms with Crippen LogP contribution < -0.4 is 15.8 Å². The van der Waals surface area contributed by atoms with Gasteiger partial charge in [-0.25, -0.2) is 0 Å². The van der Waals surface area contributed by atoms with Crippen LogP contribution in [0.3, 0.4) is 0 Å². The predicted octanol–water partition coefficient (Wildman–Crippen LogP) is 2.22. The van der Waals surface area contributed by atoms with Crippen LogP contribution in [-0.2, 0) is 6.54 Å². The molecule has 0 atom stereocenters. The molecule has 0 aromatic heterocycles. The number of hydrogen-bond donors (Lipinski definition) is 3. The lowest BCUT2D eigenvalue weighted by atomic mass is 10.1. The highest BCUT2D eigenvalue weighted by atomic mass is 16.5. The molecule has 2 aromatic rings. The van der Waals surface area contributed by atoms with Crippen molar-refractivity contribution in [3.63, 3.8) is 0 Å². The van der Waals surface area contributed by atoms with Crippen LogP contribution in [0.2, 0.25) is 0 Å². The van der Waals surface area contributed by atoms with Crippen LogP contribution >= 0.6 is 0 Å². The fourth-order valence-corrected chi connectivity index (χ4v) is 2.00. The number of methoxy groups -OCH3 is 1. The van der Waals surface area contributed by atoms with Crippen LogP contribution in [0.15, 0.2) is 36.4 Å². The zero-order chi connectivity index (χ0) is 15.4. The van der Waals surface area contributed by atoms with E-state index >= 15 is 0 Å². The number of amides is 1. The quantitative estimate of drug-likeness (QED) is 0.752. The topological polar surface area (TPSA) is 84.6 Å². The van der Waals surface area contributed by atoms with Crippen LogP contribution in [0.4, 0.5) is 5.69 Å². The highest BCUT2D eigenvalue weighted by molar-refractivity contribution is 5.96. The molecule has 0 fully saturated rings. The maximum absolute atomic E-state index is 12.1. The molecule has 0 heterocycles. The van der Waals surface area contributed by atoms with Crippen molar-refractivity contribution >= 4 is 11.6 Å². The molecular weight excluding hydrogens is 268 g/mol. The molecular formula is C16H18N2O3. The monoisotopic (exact) mass is 286 g/mol. The van der Waals surface area contributed by atoms with Crippen molar-refractivity contribution in [2.75, 3.05) is 12.8 Å². The number of nitrogens with one attached hydrogen (secondary N) is 1. The Morgan fingerprint density at radius 3 is 2.71 bits per heavy atom. The average molecular weight is 286 g/mol. The van der Waals surface area contributed by atoms with Gasteiger partial charge in [-0.1, -0.05) is 17.7 Å². The minimum absolute atomic E-state index is 0.0349. The number of phenols is 1. The Morgan fingerprint density at radius 1 is 1.29 bits per heavy atom. The van der Waals surface area contributed by atoms with E-state index in [0.717, 1.165) is 11.1 Å². The Balaban J connectivity index is 2.07. The normalized spacial score (nSPS) is 10.2. The van der Waals surface area contributed by atoms with E-state index in [0.29, 0.717) is 18.0 Å². The third kappa shape index (κ3) is 3.45. The number of carbonyl (C=O) groups excluding carboxylic acids is 1. The van der Waals surface area contributed by atoms with Gasteiger partial charge in [-0.3, -0.25) is 4.79 Å². The molecule has 0 aliphatic heterocycles. The molecule has 2 rings (SSSR count). The molecule has 2 aromatic carbocycles. The lowest BCUT2D eigenvalue weighted by Gasteiger charge is -2.10. The molecule has 0 saturated heterocycles. The minimum Gasteiger partial charge on any atom is -0.507 e. The third-order valence-corrected chi connectivity index (χ3v) is 3.14. The second kappa shape index (κ2) is 6.17. The SMILES string of the molecule is COc1ccc(CNC(=O)c2cc(C)ccc2O)cc1N. The van der Waals surface area contributed by atoms with Gasteiger partial charge in [0.2, 0.25) is 0 Å². The van der Waals surface area contributed by atoms with E-state index in [2.05, 4.69) is 5.32 Å². The number of aryl methyl sites for hydroxylation is 1. The molecule has 0 aliphatic rings. The lowest BCUT2D eigenvalue weighted by Crippen LogP contribution is -2.23. The molecule has 0 aliphatic carbocycles. The number of nitrogens with two attached hydrogens (primary N) is 1.